The molecule has 7 heteroatoms. The molecule has 1 aliphatic heterocycles. The molecule has 1 aromatic heterocycles. The molecule has 104 valence electrons. The standard InChI is InChI=1S/C13H11FN2O3S/c14-9-4-2-1-3-8(9)7-11-15-16-13(19-11)20-10-5-6-18-12(10)17/h1-4,10H,5-7H2/t10-/m1/s1. The van der Waals surface area contributed by atoms with E-state index in [2.05, 4.69) is 10.2 Å². The number of nitrogens with zero attached hydrogens (tertiary/aromatic N) is 2. The van der Waals surface area contributed by atoms with Gasteiger partial charge in [0.15, 0.2) is 0 Å². The summed E-state index contributed by atoms with van der Waals surface area (Å²) >= 11 is 1.19. The summed E-state index contributed by atoms with van der Waals surface area (Å²) in [5.74, 6) is -0.243. The number of esters is 1. The largest absolute Gasteiger partial charge is 0.465 e. The summed E-state index contributed by atoms with van der Waals surface area (Å²) in [6, 6.07) is 6.43. The number of cyclic esters (lactones) is 1. The van der Waals surface area contributed by atoms with Crippen molar-refractivity contribution in [1.29, 1.82) is 0 Å². The lowest BCUT2D eigenvalue weighted by atomic mass is 10.1. The van der Waals surface area contributed by atoms with Gasteiger partial charge in [0.05, 0.1) is 13.0 Å². The normalized spacial score (nSPS) is 18.2. The maximum atomic E-state index is 13.5. The van der Waals surface area contributed by atoms with Crippen molar-refractivity contribution in [3.05, 3.63) is 41.5 Å². The van der Waals surface area contributed by atoms with E-state index in [1.165, 1.54) is 17.8 Å². The topological polar surface area (TPSA) is 65.2 Å². The minimum atomic E-state index is -0.306. The van der Waals surface area contributed by atoms with Crippen molar-refractivity contribution >= 4 is 17.7 Å². The Balaban J connectivity index is 1.68. The quantitative estimate of drug-likeness (QED) is 0.805. The lowest BCUT2D eigenvalue weighted by molar-refractivity contribution is -0.137. The van der Waals surface area contributed by atoms with Gasteiger partial charge in [0.1, 0.15) is 11.1 Å². The van der Waals surface area contributed by atoms with Crippen molar-refractivity contribution in [2.24, 2.45) is 0 Å². The fourth-order valence-corrected chi connectivity index (χ4v) is 2.72. The highest BCUT2D eigenvalue weighted by Gasteiger charge is 2.29. The van der Waals surface area contributed by atoms with E-state index in [9.17, 15) is 9.18 Å². The molecular formula is C13H11FN2O3S. The van der Waals surface area contributed by atoms with Crippen LogP contribution in [-0.4, -0.2) is 28.0 Å². The van der Waals surface area contributed by atoms with Crippen LogP contribution in [0.2, 0.25) is 0 Å². The molecule has 1 aliphatic rings. The van der Waals surface area contributed by atoms with Gasteiger partial charge >= 0.3 is 5.97 Å². The van der Waals surface area contributed by atoms with Crippen molar-refractivity contribution in [3.8, 4) is 0 Å². The maximum absolute atomic E-state index is 13.5. The predicted octanol–water partition coefficient (Wildman–Crippen LogP) is 2.21. The molecule has 2 heterocycles. The van der Waals surface area contributed by atoms with E-state index in [0.717, 1.165) is 0 Å². The van der Waals surface area contributed by atoms with Crippen molar-refractivity contribution in [2.75, 3.05) is 6.61 Å². The number of rotatable bonds is 4. The van der Waals surface area contributed by atoms with Crippen LogP contribution in [0.15, 0.2) is 33.9 Å². The summed E-state index contributed by atoms with van der Waals surface area (Å²) in [7, 11) is 0. The van der Waals surface area contributed by atoms with Crippen LogP contribution >= 0.6 is 11.8 Å². The van der Waals surface area contributed by atoms with Crippen molar-refractivity contribution in [3.63, 3.8) is 0 Å². The molecule has 2 aromatic rings. The van der Waals surface area contributed by atoms with Crippen LogP contribution in [0.3, 0.4) is 0 Å². The minimum absolute atomic E-state index is 0.231. The SMILES string of the molecule is O=C1OCC[C@H]1Sc1nnc(Cc2ccccc2F)o1. The zero-order valence-corrected chi connectivity index (χ0v) is 11.2. The molecule has 0 unspecified atom stereocenters. The molecule has 1 aromatic carbocycles. The predicted molar refractivity (Wildman–Crippen MR) is 68.7 cm³/mol. The fourth-order valence-electron chi connectivity index (χ4n) is 1.87. The second-order valence-corrected chi connectivity index (χ2v) is 5.45. The van der Waals surface area contributed by atoms with E-state index in [-0.39, 0.29) is 23.5 Å². The van der Waals surface area contributed by atoms with Crippen LogP contribution in [0.25, 0.3) is 0 Å². The summed E-state index contributed by atoms with van der Waals surface area (Å²) in [6.07, 6.45) is 0.865. The van der Waals surface area contributed by atoms with Gasteiger partial charge < -0.3 is 9.15 Å². The maximum Gasteiger partial charge on any atom is 0.319 e. The zero-order valence-electron chi connectivity index (χ0n) is 10.4. The van der Waals surface area contributed by atoms with Gasteiger partial charge in [0, 0.05) is 6.42 Å². The summed E-state index contributed by atoms with van der Waals surface area (Å²) in [5.41, 5.74) is 0.493. The first-order valence-corrected chi connectivity index (χ1v) is 6.99. The Hall–Kier alpha value is -1.89. The third kappa shape index (κ3) is 2.82. The Labute approximate surface area is 118 Å². The molecule has 0 amide bonds. The van der Waals surface area contributed by atoms with Crippen LogP contribution in [-0.2, 0) is 16.0 Å². The highest BCUT2D eigenvalue weighted by Crippen LogP contribution is 2.28. The highest BCUT2D eigenvalue weighted by molar-refractivity contribution is 8.00. The first kappa shape index (κ1) is 13.1. The highest BCUT2D eigenvalue weighted by atomic mass is 32.2. The number of carbonyl (C=O) groups excluding carboxylic acids is 1. The van der Waals surface area contributed by atoms with Crippen molar-refractivity contribution in [2.45, 2.75) is 23.3 Å². The van der Waals surface area contributed by atoms with Crippen LogP contribution in [0.1, 0.15) is 17.9 Å². The molecule has 1 saturated heterocycles. The number of aromatic nitrogens is 2. The van der Waals surface area contributed by atoms with Crippen LogP contribution in [0.5, 0.6) is 0 Å². The number of hydrogen-bond donors (Lipinski definition) is 0. The van der Waals surface area contributed by atoms with Crippen LogP contribution in [0, 0.1) is 5.82 Å². The van der Waals surface area contributed by atoms with E-state index in [4.69, 9.17) is 9.15 Å². The Morgan fingerprint density at radius 2 is 2.20 bits per heavy atom. The Kier molecular flexibility index (Phi) is 3.68. The molecule has 1 fully saturated rings. The molecule has 5 nitrogen and oxygen atoms in total. The summed E-state index contributed by atoms with van der Waals surface area (Å²) in [4.78, 5) is 11.3. The lowest BCUT2D eigenvalue weighted by Gasteiger charge is -2.00. The first-order chi connectivity index (χ1) is 9.72. The molecule has 0 saturated carbocycles. The number of benzene rings is 1. The molecular weight excluding hydrogens is 283 g/mol. The molecule has 0 N–H and O–H groups in total. The van der Waals surface area contributed by atoms with Gasteiger partial charge in [-0.2, -0.15) is 0 Å². The molecule has 3 rings (SSSR count). The summed E-state index contributed by atoms with van der Waals surface area (Å²) < 4.78 is 23.8. The second-order valence-electron chi connectivity index (χ2n) is 4.29. The summed E-state index contributed by atoms with van der Waals surface area (Å²) in [5, 5.41) is 7.73. The molecule has 20 heavy (non-hydrogen) atoms. The van der Waals surface area contributed by atoms with Crippen molar-refractivity contribution < 1.29 is 18.3 Å². The average Bonchev–Trinajstić information content (AvgIpc) is 3.03. The Morgan fingerprint density at radius 1 is 1.35 bits per heavy atom. The monoisotopic (exact) mass is 294 g/mol. The van der Waals surface area contributed by atoms with E-state index in [0.29, 0.717) is 29.7 Å². The number of carbonyl (C=O) groups is 1. The van der Waals surface area contributed by atoms with Gasteiger partial charge in [-0.3, -0.25) is 4.79 Å². The Morgan fingerprint density at radius 3 is 2.95 bits per heavy atom. The van der Waals surface area contributed by atoms with E-state index in [1.807, 2.05) is 0 Å². The van der Waals surface area contributed by atoms with Gasteiger partial charge in [0.25, 0.3) is 5.22 Å². The van der Waals surface area contributed by atoms with Crippen molar-refractivity contribution in [1.82, 2.24) is 10.2 Å². The third-order valence-corrected chi connectivity index (χ3v) is 3.96. The molecule has 1 atom stereocenters. The van der Waals surface area contributed by atoms with Gasteiger partial charge in [-0.25, -0.2) is 4.39 Å². The molecule has 0 spiro atoms. The van der Waals surface area contributed by atoms with Gasteiger partial charge in [0.2, 0.25) is 5.89 Å². The second kappa shape index (κ2) is 5.62. The number of ether oxygens (including phenoxy) is 1. The molecule has 0 bridgehead atoms. The molecule has 0 aliphatic carbocycles. The van der Waals surface area contributed by atoms with E-state index < -0.39 is 0 Å². The zero-order chi connectivity index (χ0) is 13.9. The van der Waals surface area contributed by atoms with Crippen LogP contribution < -0.4 is 0 Å². The first-order valence-electron chi connectivity index (χ1n) is 6.11. The number of halogens is 1. The van der Waals surface area contributed by atoms with Gasteiger partial charge in [-0.05, 0) is 23.4 Å². The minimum Gasteiger partial charge on any atom is -0.465 e. The van der Waals surface area contributed by atoms with Crippen LogP contribution in [0.4, 0.5) is 4.39 Å². The van der Waals surface area contributed by atoms with Gasteiger partial charge in [-0.15, -0.1) is 10.2 Å². The smallest absolute Gasteiger partial charge is 0.319 e. The average molecular weight is 294 g/mol. The number of thioether (sulfide) groups is 1. The van der Waals surface area contributed by atoms with E-state index in [1.54, 1.807) is 18.2 Å². The lowest BCUT2D eigenvalue weighted by Crippen LogP contribution is -2.09. The third-order valence-electron chi connectivity index (χ3n) is 2.88. The molecule has 0 radical (unpaired) electrons. The van der Waals surface area contributed by atoms with E-state index >= 15 is 0 Å². The number of hydrogen-bond acceptors (Lipinski definition) is 6. The Bertz CT molecular complexity index is 632. The van der Waals surface area contributed by atoms with Gasteiger partial charge in [-0.1, -0.05) is 18.2 Å². The summed E-state index contributed by atoms with van der Waals surface area (Å²) in [6.45, 7) is 0.423. The fraction of sp³-hybridized carbons (Fsp3) is 0.308.